The highest BCUT2D eigenvalue weighted by molar-refractivity contribution is 5.80. The monoisotopic (exact) mass is 353 g/mol. The minimum Gasteiger partial charge on any atom is -0.479 e. The molecular weight excluding hydrogens is 330 g/mol. The second kappa shape index (κ2) is 6.59. The van der Waals surface area contributed by atoms with E-state index in [4.69, 9.17) is 0 Å². The molecule has 1 atom stereocenters. The first kappa shape index (κ1) is 16.8. The van der Waals surface area contributed by atoms with Gasteiger partial charge in [-0.3, -0.25) is 9.48 Å². The van der Waals surface area contributed by atoms with Crippen LogP contribution in [0.15, 0.2) is 42.7 Å². The minimum atomic E-state index is -1.04. The predicted octanol–water partition coefficient (Wildman–Crippen LogP) is 2.41. The van der Waals surface area contributed by atoms with Crippen molar-refractivity contribution in [3.05, 3.63) is 53.9 Å². The molecule has 1 aromatic carbocycles. The molecule has 0 bridgehead atoms. The third-order valence-corrected chi connectivity index (χ3v) is 5.96. The topological polar surface area (TPSA) is 75.4 Å². The summed E-state index contributed by atoms with van der Waals surface area (Å²) in [5.41, 5.74) is 1.61. The molecule has 26 heavy (non-hydrogen) atoms. The summed E-state index contributed by atoms with van der Waals surface area (Å²) in [4.78, 5) is 26.5. The first-order valence-electron chi connectivity index (χ1n) is 9.19. The molecular formula is C20H23N3O3. The second-order valence-corrected chi connectivity index (χ2v) is 7.31. The van der Waals surface area contributed by atoms with Crippen molar-refractivity contribution in [2.45, 2.75) is 43.6 Å². The predicted molar refractivity (Wildman–Crippen MR) is 95.8 cm³/mol. The molecule has 1 unspecified atom stereocenters. The van der Waals surface area contributed by atoms with E-state index in [2.05, 4.69) is 23.3 Å². The number of carbonyl (C=O) groups is 2. The Morgan fingerprint density at radius 3 is 2.65 bits per heavy atom. The van der Waals surface area contributed by atoms with Crippen molar-refractivity contribution >= 4 is 11.9 Å². The molecule has 136 valence electrons. The molecule has 1 fully saturated rings. The van der Waals surface area contributed by atoms with Crippen LogP contribution in [0.2, 0.25) is 0 Å². The van der Waals surface area contributed by atoms with E-state index in [1.165, 1.54) is 15.8 Å². The summed E-state index contributed by atoms with van der Waals surface area (Å²) in [6.07, 6.45) is 6.63. The van der Waals surface area contributed by atoms with Crippen molar-refractivity contribution < 1.29 is 14.7 Å². The van der Waals surface area contributed by atoms with Crippen molar-refractivity contribution in [2.24, 2.45) is 0 Å². The van der Waals surface area contributed by atoms with E-state index in [1.807, 2.05) is 11.0 Å². The summed E-state index contributed by atoms with van der Waals surface area (Å²) < 4.78 is 1.53. The molecule has 4 rings (SSSR count). The maximum Gasteiger partial charge on any atom is 0.331 e. The van der Waals surface area contributed by atoms with Crippen LogP contribution < -0.4 is 0 Å². The van der Waals surface area contributed by atoms with Gasteiger partial charge in [-0.1, -0.05) is 24.3 Å². The number of carboxylic acids is 1. The van der Waals surface area contributed by atoms with Gasteiger partial charge >= 0.3 is 5.97 Å². The number of aliphatic carboxylic acids is 1. The number of nitrogens with zero attached hydrogens (tertiary/aromatic N) is 3. The summed E-state index contributed by atoms with van der Waals surface area (Å²) in [6.45, 7) is 0.915. The van der Waals surface area contributed by atoms with Gasteiger partial charge in [-0.2, -0.15) is 5.10 Å². The highest BCUT2D eigenvalue weighted by Crippen LogP contribution is 2.36. The lowest BCUT2D eigenvalue weighted by atomic mass is 9.87. The highest BCUT2D eigenvalue weighted by Gasteiger charge is 2.44. The smallest absolute Gasteiger partial charge is 0.331 e. The van der Waals surface area contributed by atoms with E-state index >= 15 is 0 Å². The van der Waals surface area contributed by atoms with Crippen molar-refractivity contribution in [3.63, 3.8) is 0 Å². The fourth-order valence-electron chi connectivity index (χ4n) is 4.39. The number of piperidine rings is 1. The normalized spacial score (nSPS) is 21.4. The van der Waals surface area contributed by atoms with E-state index in [0.29, 0.717) is 32.4 Å². The Balaban J connectivity index is 1.42. The van der Waals surface area contributed by atoms with Crippen LogP contribution in [0, 0.1) is 0 Å². The van der Waals surface area contributed by atoms with Crippen LogP contribution in [0.1, 0.15) is 42.7 Å². The Bertz CT molecular complexity index is 807. The molecule has 0 saturated carbocycles. The molecule has 6 nitrogen and oxygen atoms in total. The summed E-state index contributed by atoms with van der Waals surface area (Å²) in [6, 6.07) is 10.1. The molecule has 0 spiro atoms. The standard InChI is InChI=1S/C20H23N3O3/c24-18(14-16-7-6-15-4-1-2-5-17(15)16)22-12-8-20(9-13-22,19(25)26)23-11-3-10-21-23/h1-5,10-11,16H,6-9,12-14H2,(H,25,26). The van der Waals surface area contributed by atoms with Crippen molar-refractivity contribution in [1.29, 1.82) is 0 Å². The third-order valence-electron chi connectivity index (χ3n) is 5.96. The maximum atomic E-state index is 12.8. The highest BCUT2D eigenvalue weighted by atomic mass is 16.4. The molecule has 2 aromatic rings. The molecule has 1 aromatic heterocycles. The summed E-state index contributed by atoms with van der Waals surface area (Å²) in [5.74, 6) is -0.458. The lowest BCUT2D eigenvalue weighted by molar-refractivity contribution is -0.153. The Morgan fingerprint density at radius 1 is 1.19 bits per heavy atom. The summed E-state index contributed by atoms with van der Waals surface area (Å²) >= 11 is 0. The zero-order chi connectivity index (χ0) is 18.1. The third kappa shape index (κ3) is 2.79. The maximum absolute atomic E-state index is 12.8. The average molecular weight is 353 g/mol. The molecule has 1 amide bonds. The largest absolute Gasteiger partial charge is 0.479 e. The summed E-state index contributed by atoms with van der Waals surface area (Å²) in [7, 11) is 0. The Kier molecular flexibility index (Phi) is 4.26. The lowest BCUT2D eigenvalue weighted by Gasteiger charge is -2.39. The van der Waals surface area contributed by atoms with E-state index in [0.717, 1.165) is 12.8 Å². The average Bonchev–Trinajstić information content (AvgIpc) is 3.32. The van der Waals surface area contributed by atoms with E-state index in [-0.39, 0.29) is 11.8 Å². The number of rotatable bonds is 4. The van der Waals surface area contributed by atoms with Gasteiger partial charge in [-0.25, -0.2) is 4.79 Å². The van der Waals surface area contributed by atoms with Crippen LogP contribution in [0.5, 0.6) is 0 Å². The van der Waals surface area contributed by atoms with Crippen LogP contribution in [-0.2, 0) is 21.5 Å². The van der Waals surface area contributed by atoms with Crippen LogP contribution in [-0.4, -0.2) is 44.8 Å². The number of fused-ring (bicyclic) bond motifs is 1. The zero-order valence-corrected chi connectivity index (χ0v) is 14.7. The number of aryl methyl sites for hydroxylation is 1. The van der Waals surface area contributed by atoms with Gasteiger partial charge in [0.15, 0.2) is 5.54 Å². The van der Waals surface area contributed by atoms with Gasteiger partial charge in [0.1, 0.15) is 0 Å². The molecule has 0 radical (unpaired) electrons. The van der Waals surface area contributed by atoms with Crippen molar-refractivity contribution in [1.82, 2.24) is 14.7 Å². The van der Waals surface area contributed by atoms with Gasteiger partial charge in [-0.15, -0.1) is 0 Å². The Morgan fingerprint density at radius 2 is 1.96 bits per heavy atom. The van der Waals surface area contributed by atoms with Crippen LogP contribution in [0.25, 0.3) is 0 Å². The van der Waals surface area contributed by atoms with Gasteiger partial charge in [0.2, 0.25) is 5.91 Å². The number of hydrogen-bond acceptors (Lipinski definition) is 3. The lowest BCUT2D eigenvalue weighted by Crippen LogP contribution is -2.52. The van der Waals surface area contributed by atoms with Crippen LogP contribution in [0.4, 0.5) is 0 Å². The van der Waals surface area contributed by atoms with E-state index in [9.17, 15) is 14.7 Å². The fourth-order valence-corrected chi connectivity index (χ4v) is 4.39. The quantitative estimate of drug-likeness (QED) is 0.916. The van der Waals surface area contributed by atoms with Gasteiger partial charge in [0, 0.05) is 44.7 Å². The molecule has 1 N–H and O–H groups in total. The van der Waals surface area contributed by atoms with Crippen molar-refractivity contribution in [2.75, 3.05) is 13.1 Å². The van der Waals surface area contributed by atoms with Gasteiger partial charge in [0.05, 0.1) is 0 Å². The molecule has 1 aliphatic heterocycles. The Labute approximate surface area is 152 Å². The number of amides is 1. The first-order valence-corrected chi connectivity index (χ1v) is 9.19. The number of likely N-dealkylation sites (tertiary alicyclic amines) is 1. The number of aromatic nitrogens is 2. The number of carbonyl (C=O) groups excluding carboxylic acids is 1. The molecule has 2 aliphatic rings. The summed E-state index contributed by atoms with van der Waals surface area (Å²) in [5, 5.41) is 13.9. The number of hydrogen-bond donors (Lipinski definition) is 1. The van der Waals surface area contributed by atoms with Gasteiger partial charge in [0.25, 0.3) is 0 Å². The minimum absolute atomic E-state index is 0.131. The van der Waals surface area contributed by atoms with Crippen LogP contribution in [0.3, 0.4) is 0 Å². The fraction of sp³-hybridized carbons (Fsp3) is 0.450. The SMILES string of the molecule is O=C(CC1CCc2ccccc21)N1CCC(C(=O)O)(n2cccn2)CC1. The molecule has 6 heteroatoms. The zero-order valence-electron chi connectivity index (χ0n) is 14.7. The van der Waals surface area contributed by atoms with Gasteiger partial charge in [-0.05, 0) is 36.0 Å². The van der Waals surface area contributed by atoms with E-state index in [1.54, 1.807) is 18.5 Å². The Hall–Kier alpha value is -2.63. The molecule has 1 saturated heterocycles. The molecule has 1 aliphatic carbocycles. The second-order valence-electron chi connectivity index (χ2n) is 7.31. The first-order chi connectivity index (χ1) is 12.6. The van der Waals surface area contributed by atoms with Crippen molar-refractivity contribution in [3.8, 4) is 0 Å². The molecule has 2 heterocycles. The number of benzene rings is 1. The van der Waals surface area contributed by atoms with E-state index < -0.39 is 11.5 Å². The van der Waals surface area contributed by atoms with Crippen LogP contribution >= 0.6 is 0 Å². The van der Waals surface area contributed by atoms with Gasteiger partial charge < -0.3 is 10.0 Å². The number of carboxylic acid groups (broad SMARTS) is 1.